The molecule has 0 aromatic carbocycles. The molecule has 13 heavy (non-hydrogen) atoms. The summed E-state index contributed by atoms with van der Waals surface area (Å²) in [5, 5.41) is 0. The van der Waals surface area contributed by atoms with Crippen molar-refractivity contribution in [1.82, 2.24) is 0 Å². The van der Waals surface area contributed by atoms with Gasteiger partial charge >= 0.3 is 0 Å². The predicted molar refractivity (Wildman–Crippen MR) is 61.8 cm³/mol. The Kier molecular flexibility index (Phi) is 7.38. The van der Waals surface area contributed by atoms with Gasteiger partial charge in [0.25, 0.3) is 0 Å². The lowest BCUT2D eigenvalue weighted by Gasteiger charge is -1.99. The van der Waals surface area contributed by atoms with E-state index in [4.69, 9.17) is 0 Å². The molecule has 1 unspecified atom stereocenters. The number of rotatable bonds is 5. The van der Waals surface area contributed by atoms with Crippen molar-refractivity contribution in [3.05, 3.63) is 36.0 Å². The van der Waals surface area contributed by atoms with E-state index in [0.29, 0.717) is 5.92 Å². The Morgan fingerprint density at radius 1 is 1.23 bits per heavy atom. The molecule has 0 aromatic rings. The standard InChI is InChI=1S/C13H22/c1-5-6-10-13(4)11-8-7-9-12(2)3/h6-10,13H,5,11H2,1-4H3/b8-7-,10-6-. The van der Waals surface area contributed by atoms with Crippen LogP contribution in [-0.4, -0.2) is 0 Å². The van der Waals surface area contributed by atoms with Crippen molar-refractivity contribution < 1.29 is 0 Å². The molecule has 0 aromatic heterocycles. The molecule has 0 aliphatic carbocycles. The second kappa shape index (κ2) is 7.85. The van der Waals surface area contributed by atoms with Gasteiger partial charge in [-0.1, -0.05) is 49.8 Å². The summed E-state index contributed by atoms with van der Waals surface area (Å²) in [6, 6.07) is 0. The van der Waals surface area contributed by atoms with Crippen LogP contribution in [0.1, 0.15) is 40.5 Å². The highest BCUT2D eigenvalue weighted by atomic mass is 14.0. The summed E-state index contributed by atoms with van der Waals surface area (Å²) in [4.78, 5) is 0. The van der Waals surface area contributed by atoms with E-state index in [1.54, 1.807) is 0 Å². The summed E-state index contributed by atoms with van der Waals surface area (Å²) in [5.74, 6) is 0.668. The van der Waals surface area contributed by atoms with Crippen molar-refractivity contribution in [2.75, 3.05) is 0 Å². The molecule has 0 fully saturated rings. The Morgan fingerprint density at radius 3 is 2.46 bits per heavy atom. The van der Waals surface area contributed by atoms with E-state index in [0.717, 1.165) is 12.8 Å². The van der Waals surface area contributed by atoms with E-state index in [-0.39, 0.29) is 0 Å². The van der Waals surface area contributed by atoms with Crippen LogP contribution in [0.3, 0.4) is 0 Å². The summed E-state index contributed by atoms with van der Waals surface area (Å²) in [6.45, 7) is 8.65. The smallest absolute Gasteiger partial charge is 0.0227 e. The van der Waals surface area contributed by atoms with Crippen LogP contribution in [0, 0.1) is 5.92 Å². The predicted octanol–water partition coefficient (Wildman–Crippen LogP) is 4.50. The van der Waals surface area contributed by atoms with Gasteiger partial charge in [-0.25, -0.2) is 0 Å². The van der Waals surface area contributed by atoms with Crippen LogP contribution in [0.5, 0.6) is 0 Å². The van der Waals surface area contributed by atoms with Crippen LogP contribution >= 0.6 is 0 Å². The molecule has 0 nitrogen and oxygen atoms in total. The van der Waals surface area contributed by atoms with Crippen molar-refractivity contribution in [3.8, 4) is 0 Å². The third kappa shape index (κ3) is 9.13. The highest BCUT2D eigenvalue weighted by molar-refractivity contribution is 5.08. The molecule has 0 radical (unpaired) electrons. The van der Waals surface area contributed by atoms with Crippen molar-refractivity contribution >= 4 is 0 Å². The van der Waals surface area contributed by atoms with E-state index in [1.165, 1.54) is 5.57 Å². The SMILES string of the molecule is CC/C=C\C(C)C/C=C\C=C(C)C. The molecule has 74 valence electrons. The second-order valence-corrected chi connectivity index (χ2v) is 3.72. The van der Waals surface area contributed by atoms with Gasteiger partial charge in [-0.2, -0.15) is 0 Å². The van der Waals surface area contributed by atoms with E-state index in [2.05, 4.69) is 58.1 Å². The normalized spacial score (nSPS) is 13.8. The molecule has 0 saturated heterocycles. The fourth-order valence-electron chi connectivity index (χ4n) is 1.00. The maximum absolute atomic E-state index is 2.28. The van der Waals surface area contributed by atoms with Gasteiger partial charge in [0, 0.05) is 0 Å². The zero-order valence-electron chi connectivity index (χ0n) is 9.38. The highest BCUT2D eigenvalue weighted by Gasteiger charge is 1.90. The number of allylic oxidation sites excluding steroid dienone is 6. The first-order valence-electron chi connectivity index (χ1n) is 5.13. The summed E-state index contributed by atoms with van der Waals surface area (Å²) in [6.07, 6.45) is 13.3. The molecule has 0 spiro atoms. The molecule has 0 N–H and O–H groups in total. The lowest BCUT2D eigenvalue weighted by Crippen LogP contribution is -1.84. The summed E-state index contributed by atoms with van der Waals surface area (Å²) >= 11 is 0. The van der Waals surface area contributed by atoms with Crippen LogP contribution in [0.25, 0.3) is 0 Å². The molecular formula is C13H22. The average Bonchev–Trinajstić information content (AvgIpc) is 2.08. The van der Waals surface area contributed by atoms with Gasteiger partial charge in [-0.15, -0.1) is 0 Å². The Hall–Kier alpha value is -0.780. The second-order valence-electron chi connectivity index (χ2n) is 3.72. The van der Waals surface area contributed by atoms with Gasteiger partial charge in [0.2, 0.25) is 0 Å². The van der Waals surface area contributed by atoms with Gasteiger partial charge < -0.3 is 0 Å². The van der Waals surface area contributed by atoms with Crippen LogP contribution in [-0.2, 0) is 0 Å². The topological polar surface area (TPSA) is 0 Å². The van der Waals surface area contributed by atoms with Gasteiger partial charge in [-0.3, -0.25) is 0 Å². The van der Waals surface area contributed by atoms with Crippen LogP contribution in [0.4, 0.5) is 0 Å². The highest BCUT2D eigenvalue weighted by Crippen LogP contribution is 2.05. The zero-order valence-corrected chi connectivity index (χ0v) is 9.38. The minimum absolute atomic E-state index is 0.668. The molecule has 0 aliphatic heterocycles. The molecule has 0 amide bonds. The minimum Gasteiger partial charge on any atom is -0.0885 e. The summed E-state index contributed by atoms with van der Waals surface area (Å²) in [5.41, 5.74) is 1.35. The van der Waals surface area contributed by atoms with Crippen molar-refractivity contribution in [2.45, 2.75) is 40.5 Å². The van der Waals surface area contributed by atoms with Crippen molar-refractivity contribution in [3.63, 3.8) is 0 Å². The molecule has 0 saturated carbocycles. The maximum atomic E-state index is 2.28. The lowest BCUT2D eigenvalue weighted by atomic mass is 10.1. The van der Waals surface area contributed by atoms with Crippen LogP contribution < -0.4 is 0 Å². The van der Waals surface area contributed by atoms with E-state index >= 15 is 0 Å². The third-order valence-corrected chi connectivity index (χ3v) is 1.77. The van der Waals surface area contributed by atoms with E-state index in [9.17, 15) is 0 Å². The van der Waals surface area contributed by atoms with Gasteiger partial charge in [-0.05, 0) is 32.6 Å². The lowest BCUT2D eigenvalue weighted by molar-refractivity contribution is 0.741. The zero-order chi connectivity index (χ0) is 10.1. The fourth-order valence-corrected chi connectivity index (χ4v) is 1.00. The van der Waals surface area contributed by atoms with Crippen LogP contribution in [0.15, 0.2) is 36.0 Å². The Bertz CT molecular complexity index is 190. The monoisotopic (exact) mass is 178 g/mol. The molecule has 0 heteroatoms. The third-order valence-electron chi connectivity index (χ3n) is 1.77. The fraction of sp³-hybridized carbons (Fsp3) is 0.538. The van der Waals surface area contributed by atoms with Crippen molar-refractivity contribution in [2.24, 2.45) is 5.92 Å². The first kappa shape index (κ1) is 12.2. The molecule has 1 atom stereocenters. The van der Waals surface area contributed by atoms with E-state index in [1.807, 2.05) is 0 Å². The summed E-state index contributed by atoms with van der Waals surface area (Å²) in [7, 11) is 0. The Balaban J connectivity index is 3.69. The van der Waals surface area contributed by atoms with E-state index < -0.39 is 0 Å². The Morgan fingerprint density at radius 2 is 1.92 bits per heavy atom. The first-order valence-corrected chi connectivity index (χ1v) is 5.13. The van der Waals surface area contributed by atoms with Crippen LogP contribution in [0.2, 0.25) is 0 Å². The number of hydrogen-bond donors (Lipinski definition) is 0. The maximum Gasteiger partial charge on any atom is -0.0227 e. The molecule has 0 bridgehead atoms. The molecule has 0 aliphatic rings. The summed E-state index contributed by atoms with van der Waals surface area (Å²) < 4.78 is 0. The average molecular weight is 178 g/mol. The van der Waals surface area contributed by atoms with Gasteiger partial charge in [0.1, 0.15) is 0 Å². The first-order chi connectivity index (χ1) is 6.16. The molecule has 0 heterocycles. The molecular weight excluding hydrogens is 156 g/mol. The van der Waals surface area contributed by atoms with Gasteiger partial charge in [0.05, 0.1) is 0 Å². The Labute approximate surface area is 83.0 Å². The number of hydrogen-bond acceptors (Lipinski definition) is 0. The quantitative estimate of drug-likeness (QED) is 0.429. The minimum atomic E-state index is 0.668. The molecule has 0 rings (SSSR count). The largest absolute Gasteiger partial charge is 0.0885 e. The van der Waals surface area contributed by atoms with Crippen molar-refractivity contribution in [1.29, 1.82) is 0 Å². The van der Waals surface area contributed by atoms with Gasteiger partial charge in [0.15, 0.2) is 0 Å².